The minimum absolute atomic E-state index is 0. The summed E-state index contributed by atoms with van der Waals surface area (Å²) in [6.45, 7) is 0.780. The van der Waals surface area contributed by atoms with Crippen LogP contribution in [0.4, 0.5) is 4.79 Å². The average molecular weight is 455 g/mol. The molecule has 1 aliphatic heterocycles. The van der Waals surface area contributed by atoms with Gasteiger partial charge in [-0.15, -0.1) is 0 Å². The van der Waals surface area contributed by atoms with Gasteiger partial charge in [0.05, 0.1) is 10.9 Å². The van der Waals surface area contributed by atoms with Gasteiger partial charge in [-0.1, -0.05) is 58.6 Å². The molecule has 0 bridgehead atoms. The Morgan fingerprint density at radius 3 is 2.23 bits per heavy atom. The third-order valence-electron chi connectivity index (χ3n) is 5.49. The number of hydrogen-bond donors (Lipinski definition) is 2. The lowest BCUT2D eigenvalue weighted by Gasteiger charge is -2.25. The van der Waals surface area contributed by atoms with Gasteiger partial charge in [0, 0.05) is 24.2 Å². The number of amides is 2. The molecular weight excluding hydrogens is 422 g/mol. The standard InChI is InChI=1S/C20H29ClN3O3S.2CH2/c21-16-10-12-19(13-11-16)28(26,27)24-14-6-9-18(24)15-22-20(25)23-17-7-4-2-1-3-5-8-17;;/h10-13,18H,1-9,14-15H2,(H2,22,23,25);2*1H2. The summed E-state index contributed by atoms with van der Waals surface area (Å²) in [5.41, 5.74) is 0. The van der Waals surface area contributed by atoms with Crippen molar-refractivity contribution in [2.45, 2.75) is 68.7 Å². The van der Waals surface area contributed by atoms with E-state index in [1.165, 1.54) is 35.7 Å². The van der Waals surface area contributed by atoms with Crippen molar-refractivity contribution in [3.8, 4) is 0 Å². The average Bonchev–Trinajstić information content (AvgIpc) is 3.12. The SMILES string of the molecule is O=C(NCC1CCCN1S(=O)(=O)c1ccc(Cl)cc1)N[C]1CCCCCCC1.[CH2].[CH2]. The lowest BCUT2D eigenvalue weighted by atomic mass is 9.97. The van der Waals surface area contributed by atoms with Crippen molar-refractivity contribution in [1.29, 1.82) is 0 Å². The molecule has 167 valence electrons. The highest BCUT2D eigenvalue weighted by molar-refractivity contribution is 7.89. The van der Waals surface area contributed by atoms with Crippen molar-refractivity contribution < 1.29 is 13.2 Å². The number of carbonyl (C=O) groups excluding carboxylic acids is 1. The van der Waals surface area contributed by atoms with E-state index < -0.39 is 10.0 Å². The minimum atomic E-state index is -3.59. The third-order valence-corrected chi connectivity index (χ3v) is 7.71. The second-order valence-corrected chi connectivity index (χ2v) is 9.90. The molecule has 8 heteroatoms. The Kier molecular flexibility index (Phi) is 11.2. The molecule has 1 aromatic carbocycles. The van der Waals surface area contributed by atoms with Crippen LogP contribution in [0.5, 0.6) is 0 Å². The Morgan fingerprint density at radius 1 is 1.00 bits per heavy atom. The van der Waals surface area contributed by atoms with Crippen LogP contribution in [0, 0.1) is 20.9 Å². The summed E-state index contributed by atoms with van der Waals surface area (Å²) in [7, 11) is -3.59. The fraction of sp³-hybridized carbons (Fsp3) is 0.545. The molecule has 1 atom stereocenters. The topological polar surface area (TPSA) is 78.5 Å². The normalized spacial score (nSPS) is 20.9. The predicted molar refractivity (Wildman–Crippen MR) is 121 cm³/mol. The smallest absolute Gasteiger partial charge is 0.315 e. The summed E-state index contributed by atoms with van der Waals surface area (Å²) < 4.78 is 27.4. The summed E-state index contributed by atoms with van der Waals surface area (Å²) in [5, 5.41) is 6.36. The van der Waals surface area contributed by atoms with E-state index >= 15 is 0 Å². The van der Waals surface area contributed by atoms with Crippen molar-refractivity contribution in [2.75, 3.05) is 13.1 Å². The molecular formula is C22H33ClN3O3S. The molecule has 1 aliphatic carbocycles. The molecule has 1 aromatic rings. The van der Waals surface area contributed by atoms with E-state index in [9.17, 15) is 13.2 Å². The summed E-state index contributed by atoms with van der Waals surface area (Å²) >= 11 is 5.87. The molecule has 2 N–H and O–H groups in total. The number of nitrogens with one attached hydrogen (secondary N) is 2. The van der Waals surface area contributed by atoms with Crippen LogP contribution in [-0.2, 0) is 10.0 Å². The van der Waals surface area contributed by atoms with E-state index in [-0.39, 0.29) is 31.8 Å². The molecule has 6 nitrogen and oxygen atoms in total. The fourth-order valence-corrected chi connectivity index (χ4v) is 5.76. The number of rotatable bonds is 5. The number of hydrogen-bond acceptors (Lipinski definition) is 3. The molecule has 0 spiro atoms. The van der Waals surface area contributed by atoms with Gasteiger partial charge in [0.15, 0.2) is 0 Å². The van der Waals surface area contributed by atoms with Gasteiger partial charge < -0.3 is 10.6 Å². The van der Waals surface area contributed by atoms with Crippen LogP contribution in [-0.4, -0.2) is 37.9 Å². The van der Waals surface area contributed by atoms with Crippen molar-refractivity contribution in [2.24, 2.45) is 0 Å². The van der Waals surface area contributed by atoms with Gasteiger partial charge in [0.2, 0.25) is 10.0 Å². The number of urea groups is 1. The van der Waals surface area contributed by atoms with E-state index in [1.54, 1.807) is 12.1 Å². The van der Waals surface area contributed by atoms with Gasteiger partial charge in [-0.05, 0) is 49.9 Å². The number of carbonyl (C=O) groups is 1. The van der Waals surface area contributed by atoms with Gasteiger partial charge in [-0.25, -0.2) is 13.2 Å². The zero-order valence-electron chi connectivity index (χ0n) is 17.5. The van der Waals surface area contributed by atoms with Crippen molar-refractivity contribution in [3.05, 3.63) is 50.2 Å². The zero-order valence-corrected chi connectivity index (χ0v) is 19.1. The third kappa shape index (κ3) is 7.13. The molecule has 1 saturated heterocycles. The molecule has 2 fully saturated rings. The quantitative estimate of drug-likeness (QED) is 0.675. The van der Waals surface area contributed by atoms with Gasteiger partial charge >= 0.3 is 6.03 Å². The molecule has 2 aliphatic rings. The van der Waals surface area contributed by atoms with Gasteiger partial charge in [0.25, 0.3) is 0 Å². The van der Waals surface area contributed by atoms with E-state index in [4.69, 9.17) is 11.6 Å². The second-order valence-electron chi connectivity index (χ2n) is 7.57. The Hall–Kier alpha value is -1.31. The number of benzene rings is 1. The summed E-state index contributed by atoms with van der Waals surface area (Å²) in [5.74, 6) is 0. The number of sulfonamides is 1. The first kappa shape index (κ1) is 26.7. The van der Waals surface area contributed by atoms with Crippen molar-refractivity contribution in [3.63, 3.8) is 0 Å². The van der Waals surface area contributed by atoms with Crippen molar-refractivity contribution in [1.82, 2.24) is 14.9 Å². The van der Waals surface area contributed by atoms with E-state index in [2.05, 4.69) is 10.6 Å². The number of nitrogens with zero attached hydrogens (tertiary/aromatic N) is 1. The number of halogens is 1. The highest BCUT2D eigenvalue weighted by Gasteiger charge is 2.35. The Bertz CT molecular complexity index is 747. The maximum atomic E-state index is 12.9. The van der Waals surface area contributed by atoms with E-state index in [1.807, 2.05) is 0 Å². The molecule has 5 radical (unpaired) electrons. The maximum Gasteiger partial charge on any atom is 0.315 e. The van der Waals surface area contributed by atoms with Crippen molar-refractivity contribution >= 4 is 27.7 Å². The van der Waals surface area contributed by atoms with Crippen LogP contribution >= 0.6 is 11.6 Å². The summed E-state index contributed by atoms with van der Waals surface area (Å²) in [4.78, 5) is 12.5. The molecule has 1 unspecified atom stereocenters. The fourth-order valence-electron chi connectivity index (χ4n) is 3.94. The molecule has 2 amide bonds. The van der Waals surface area contributed by atoms with Gasteiger partial charge in [0.1, 0.15) is 0 Å². The molecule has 3 rings (SSSR count). The van der Waals surface area contributed by atoms with Crippen LogP contribution in [0.2, 0.25) is 5.02 Å². The van der Waals surface area contributed by atoms with Crippen LogP contribution in [0.1, 0.15) is 57.8 Å². The molecule has 30 heavy (non-hydrogen) atoms. The Balaban J connectivity index is 0.00000225. The first-order valence-electron chi connectivity index (χ1n) is 10.1. The predicted octanol–water partition coefficient (Wildman–Crippen LogP) is 4.72. The molecule has 1 saturated carbocycles. The minimum Gasteiger partial charge on any atom is -0.337 e. The zero-order chi connectivity index (χ0) is 20.0. The van der Waals surface area contributed by atoms with Crippen LogP contribution in [0.3, 0.4) is 0 Å². The van der Waals surface area contributed by atoms with Crippen LogP contribution < -0.4 is 10.6 Å². The lowest BCUT2D eigenvalue weighted by molar-refractivity contribution is 0.237. The second kappa shape index (κ2) is 12.5. The monoisotopic (exact) mass is 454 g/mol. The largest absolute Gasteiger partial charge is 0.337 e. The van der Waals surface area contributed by atoms with Crippen LogP contribution in [0.25, 0.3) is 0 Å². The first-order valence-corrected chi connectivity index (χ1v) is 12.0. The van der Waals surface area contributed by atoms with E-state index in [0.717, 1.165) is 44.6 Å². The van der Waals surface area contributed by atoms with E-state index in [0.29, 0.717) is 18.1 Å². The summed E-state index contributed by atoms with van der Waals surface area (Å²) in [6, 6.07) is 6.85. The highest BCUT2D eigenvalue weighted by atomic mass is 35.5. The lowest BCUT2D eigenvalue weighted by Crippen LogP contribution is -2.46. The Morgan fingerprint density at radius 2 is 1.60 bits per heavy atom. The first-order chi connectivity index (χ1) is 13.5. The highest BCUT2D eigenvalue weighted by Crippen LogP contribution is 2.27. The Labute approximate surface area is 187 Å². The maximum absolute atomic E-state index is 12.9. The molecule has 1 heterocycles. The van der Waals surface area contributed by atoms with Gasteiger partial charge in [-0.2, -0.15) is 4.31 Å². The van der Waals surface area contributed by atoms with Crippen LogP contribution in [0.15, 0.2) is 29.2 Å². The summed E-state index contributed by atoms with van der Waals surface area (Å²) in [6.07, 6.45) is 9.35. The van der Waals surface area contributed by atoms with Gasteiger partial charge in [-0.3, -0.25) is 0 Å². The molecule has 0 aromatic heterocycles.